The van der Waals surface area contributed by atoms with Gasteiger partial charge in [0.15, 0.2) is 0 Å². The van der Waals surface area contributed by atoms with Crippen LogP contribution in [0.25, 0.3) is 21.5 Å². The van der Waals surface area contributed by atoms with E-state index in [9.17, 15) is 15.0 Å². The number of carbonyl (C=O) groups is 2. The molecule has 0 radical (unpaired) electrons. The van der Waals surface area contributed by atoms with E-state index < -0.39 is 40.5 Å². The highest BCUT2D eigenvalue weighted by atomic mass is 16.3. The lowest BCUT2D eigenvalue weighted by atomic mass is 9.67. The Hall–Kier alpha value is -6.86. The zero-order valence-electron chi connectivity index (χ0n) is 38.2. The van der Waals surface area contributed by atoms with Gasteiger partial charge < -0.3 is 20.8 Å². The van der Waals surface area contributed by atoms with E-state index in [1.807, 2.05) is 210 Å². The lowest BCUT2D eigenvalue weighted by Gasteiger charge is -2.54. The summed E-state index contributed by atoms with van der Waals surface area (Å²) in [6.45, 7) is 7.97. The number of nitrogens with two attached hydrogens (primary N) is 1. The van der Waals surface area contributed by atoms with Crippen LogP contribution in [0.15, 0.2) is 182 Å². The summed E-state index contributed by atoms with van der Waals surface area (Å²) in [7, 11) is 0. The SMILES string of the molecule is Cc1cccc(C(O)(c2cccc(C)c2)[C@H](c2cccc3ccccc23)N(C(=O)C2(C(N)=O)CCCCC2)[C@@H](c2cccc3ccccc23)C(O)(c2cccc(C)c2)c2cccc(C)c2)c1. The van der Waals surface area contributed by atoms with Crippen molar-refractivity contribution < 1.29 is 19.8 Å². The molecule has 0 heterocycles. The molecule has 0 aliphatic heterocycles. The van der Waals surface area contributed by atoms with E-state index in [1.165, 1.54) is 0 Å². The minimum absolute atomic E-state index is 0.225. The molecule has 1 aliphatic rings. The van der Waals surface area contributed by atoms with Crippen LogP contribution in [-0.4, -0.2) is 26.9 Å². The Morgan fingerprint density at radius 3 is 1.17 bits per heavy atom. The number of aliphatic hydroxyl groups is 2. The predicted molar refractivity (Wildman–Crippen MR) is 266 cm³/mol. The molecule has 332 valence electrons. The van der Waals surface area contributed by atoms with Crippen molar-refractivity contribution in [3.63, 3.8) is 0 Å². The number of rotatable bonds is 12. The monoisotopic (exact) mass is 870 g/mol. The summed E-state index contributed by atoms with van der Waals surface area (Å²) >= 11 is 0. The standard InChI is InChI=1S/C60H58N2O4/c1-40-18-12-26-46(36-40)59(65,47-27-13-19-41(2)37-47)54(52-32-16-24-44-22-6-8-30-50(44)52)62(57(64)58(56(61)63)34-10-5-11-35-58)55(53-33-17-25-45-23-7-9-31-51(45)53)60(66,48-28-14-20-42(3)38-48)49-29-15-21-43(4)39-49/h6-9,12-33,36-39,54-55,65-66H,5,10-11,34-35H2,1-4H3,(H2,61,63)/t54-,55-/m0/s1. The Morgan fingerprint density at radius 1 is 0.485 bits per heavy atom. The molecule has 1 fully saturated rings. The number of primary amides is 1. The molecule has 0 saturated heterocycles. The number of amides is 2. The molecule has 4 N–H and O–H groups in total. The average molecular weight is 871 g/mol. The second kappa shape index (κ2) is 17.8. The van der Waals surface area contributed by atoms with Crippen molar-refractivity contribution in [3.05, 3.63) is 238 Å². The molecule has 2 amide bonds. The van der Waals surface area contributed by atoms with E-state index in [2.05, 4.69) is 0 Å². The Morgan fingerprint density at radius 2 is 0.818 bits per heavy atom. The molecule has 0 bridgehead atoms. The van der Waals surface area contributed by atoms with Crippen molar-refractivity contribution >= 4 is 33.4 Å². The van der Waals surface area contributed by atoms with Gasteiger partial charge in [-0.2, -0.15) is 0 Å². The van der Waals surface area contributed by atoms with Crippen LogP contribution in [0.5, 0.6) is 0 Å². The van der Waals surface area contributed by atoms with Gasteiger partial charge in [-0.15, -0.1) is 0 Å². The topological polar surface area (TPSA) is 104 Å². The number of hydrogen-bond donors (Lipinski definition) is 3. The van der Waals surface area contributed by atoms with E-state index in [0.717, 1.165) is 50.2 Å². The lowest BCUT2D eigenvalue weighted by Crippen LogP contribution is -2.60. The van der Waals surface area contributed by atoms with Crippen LogP contribution in [0.4, 0.5) is 0 Å². The first-order chi connectivity index (χ1) is 31.9. The second-order valence-electron chi connectivity index (χ2n) is 18.7. The van der Waals surface area contributed by atoms with Crippen molar-refractivity contribution in [2.24, 2.45) is 11.1 Å². The zero-order chi connectivity index (χ0) is 46.2. The van der Waals surface area contributed by atoms with Crippen molar-refractivity contribution in [2.45, 2.75) is 83.1 Å². The Bertz CT molecular complexity index is 2810. The molecule has 0 aromatic heterocycles. The van der Waals surface area contributed by atoms with Crippen LogP contribution < -0.4 is 5.73 Å². The second-order valence-corrected chi connectivity index (χ2v) is 18.7. The first kappa shape index (κ1) is 44.3. The van der Waals surface area contributed by atoms with Crippen LogP contribution >= 0.6 is 0 Å². The van der Waals surface area contributed by atoms with E-state index in [1.54, 1.807) is 4.90 Å². The molecule has 2 atom stereocenters. The van der Waals surface area contributed by atoms with E-state index in [0.29, 0.717) is 46.2 Å². The van der Waals surface area contributed by atoms with Gasteiger partial charge in [-0.1, -0.05) is 224 Å². The van der Waals surface area contributed by atoms with Crippen LogP contribution in [0.2, 0.25) is 0 Å². The fourth-order valence-electron chi connectivity index (χ4n) is 11.0. The highest BCUT2D eigenvalue weighted by Gasteiger charge is 2.59. The highest BCUT2D eigenvalue weighted by molar-refractivity contribution is 6.05. The van der Waals surface area contributed by atoms with Crippen LogP contribution in [0, 0.1) is 33.1 Å². The maximum absolute atomic E-state index is 17.3. The summed E-state index contributed by atoms with van der Waals surface area (Å²) < 4.78 is 0. The lowest BCUT2D eigenvalue weighted by molar-refractivity contribution is -0.170. The molecular weight excluding hydrogens is 813 g/mol. The smallest absolute Gasteiger partial charge is 0.239 e. The summed E-state index contributed by atoms with van der Waals surface area (Å²) in [5.41, 5.74) is 8.04. The molecule has 8 aromatic rings. The molecular formula is C60H58N2O4. The van der Waals surface area contributed by atoms with Gasteiger partial charge in [-0.25, -0.2) is 0 Å². The summed E-state index contributed by atoms with van der Waals surface area (Å²) in [5.74, 6) is -1.25. The quantitative estimate of drug-likeness (QED) is 0.106. The van der Waals surface area contributed by atoms with Crippen LogP contribution in [0.1, 0.15) is 99.8 Å². The Balaban J connectivity index is 1.55. The van der Waals surface area contributed by atoms with Gasteiger partial charge in [-0.3, -0.25) is 9.59 Å². The van der Waals surface area contributed by atoms with Gasteiger partial charge in [0.2, 0.25) is 11.8 Å². The Kier molecular flexibility index (Phi) is 12.0. The molecule has 66 heavy (non-hydrogen) atoms. The molecule has 8 aromatic carbocycles. The maximum Gasteiger partial charge on any atom is 0.239 e. The minimum Gasteiger partial charge on any atom is -0.378 e. The number of aryl methyl sites for hydroxylation is 4. The van der Waals surface area contributed by atoms with Crippen LogP contribution in [0.3, 0.4) is 0 Å². The number of nitrogens with zero attached hydrogens (tertiary/aromatic N) is 1. The van der Waals surface area contributed by atoms with Gasteiger partial charge in [0, 0.05) is 0 Å². The molecule has 0 spiro atoms. The average Bonchev–Trinajstić information content (AvgIpc) is 3.33. The molecule has 0 unspecified atom stereocenters. The Labute approximate surface area is 388 Å². The highest BCUT2D eigenvalue weighted by Crippen LogP contribution is 2.57. The molecule has 1 aliphatic carbocycles. The summed E-state index contributed by atoms with van der Waals surface area (Å²) in [6.07, 6.45) is 2.52. The zero-order valence-corrected chi connectivity index (χ0v) is 38.2. The van der Waals surface area contributed by atoms with Gasteiger partial charge in [-0.05, 0) is 95.5 Å². The molecule has 6 heteroatoms. The van der Waals surface area contributed by atoms with E-state index in [-0.39, 0.29) is 12.8 Å². The summed E-state index contributed by atoms with van der Waals surface area (Å²) in [4.78, 5) is 33.6. The van der Waals surface area contributed by atoms with Gasteiger partial charge in [0.1, 0.15) is 16.6 Å². The van der Waals surface area contributed by atoms with E-state index in [4.69, 9.17) is 5.73 Å². The fraction of sp³-hybridized carbons (Fsp3) is 0.233. The predicted octanol–water partition coefficient (Wildman–Crippen LogP) is 12.1. The normalized spacial score (nSPS) is 15.0. The largest absolute Gasteiger partial charge is 0.378 e. The van der Waals surface area contributed by atoms with Gasteiger partial charge in [0.25, 0.3) is 0 Å². The number of hydrogen-bond acceptors (Lipinski definition) is 4. The maximum atomic E-state index is 17.3. The first-order valence-electron chi connectivity index (χ1n) is 23.2. The number of benzene rings is 8. The number of carbonyl (C=O) groups excluding carboxylic acids is 2. The first-order valence-corrected chi connectivity index (χ1v) is 23.2. The van der Waals surface area contributed by atoms with Gasteiger partial charge in [0.05, 0.1) is 12.1 Å². The fourth-order valence-corrected chi connectivity index (χ4v) is 11.0. The third-order valence-corrected chi connectivity index (χ3v) is 14.2. The molecule has 1 saturated carbocycles. The van der Waals surface area contributed by atoms with Crippen molar-refractivity contribution in [1.82, 2.24) is 4.90 Å². The third kappa shape index (κ3) is 7.68. The van der Waals surface area contributed by atoms with Crippen molar-refractivity contribution in [2.75, 3.05) is 0 Å². The third-order valence-electron chi connectivity index (χ3n) is 14.2. The van der Waals surface area contributed by atoms with E-state index >= 15 is 4.79 Å². The van der Waals surface area contributed by atoms with Gasteiger partial charge >= 0.3 is 0 Å². The number of fused-ring (bicyclic) bond motifs is 2. The van der Waals surface area contributed by atoms with Crippen LogP contribution in [-0.2, 0) is 20.8 Å². The molecule has 6 nitrogen and oxygen atoms in total. The minimum atomic E-state index is -2.02. The van der Waals surface area contributed by atoms with Crippen molar-refractivity contribution in [1.29, 1.82) is 0 Å². The molecule has 9 rings (SSSR count). The van der Waals surface area contributed by atoms with Crippen molar-refractivity contribution in [3.8, 4) is 0 Å². The summed E-state index contributed by atoms with van der Waals surface area (Å²) in [6, 6.07) is 56.7. The summed E-state index contributed by atoms with van der Waals surface area (Å²) in [5, 5.41) is 33.1.